The summed E-state index contributed by atoms with van der Waals surface area (Å²) < 4.78 is 27.5. The molecule has 0 saturated carbocycles. The molecule has 3 aromatic carbocycles. The average Bonchev–Trinajstić information content (AvgIpc) is 2.94. The lowest BCUT2D eigenvalue weighted by molar-refractivity contribution is -0.117. The van der Waals surface area contributed by atoms with Gasteiger partial charge in [-0.15, -0.1) is 0 Å². The lowest BCUT2D eigenvalue weighted by Gasteiger charge is -2.26. The van der Waals surface area contributed by atoms with Gasteiger partial charge in [-0.3, -0.25) is 9.10 Å². The third kappa shape index (κ3) is 3.19. The highest BCUT2D eigenvalue weighted by Gasteiger charge is 2.37. The van der Waals surface area contributed by atoms with Crippen LogP contribution in [-0.2, 0) is 14.8 Å². The number of carbonyl (C=O) groups is 1. The van der Waals surface area contributed by atoms with Crippen molar-refractivity contribution in [2.75, 3.05) is 22.3 Å². The van der Waals surface area contributed by atoms with Gasteiger partial charge in [-0.25, -0.2) is 8.42 Å². The van der Waals surface area contributed by atoms with E-state index in [0.29, 0.717) is 16.8 Å². The van der Waals surface area contributed by atoms with Crippen molar-refractivity contribution < 1.29 is 13.2 Å². The predicted octanol–water partition coefficient (Wildman–Crippen LogP) is 3.91. The van der Waals surface area contributed by atoms with Crippen molar-refractivity contribution in [3.05, 3.63) is 65.7 Å². The average molecular weight is 420 g/mol. The second-order valence-electron chi connectivity index (χ2n) is 7.37. The lowest BCUT2D eigenvalue weighted by atomic mass is 10.1. The van der Waals surface area contributed by atoms with E-state index in [1.54, 1.807) is 24.3 Å². The van der Waals surface area contributed by atoms with E-state index >= 15 is 0 Å². The van der Waals surface area contributed by atoms with E-state index < -0.39 is 10.0 Å². The van der Waals surface area contributed by atoms with Crippen LogP contribution in [0.4, 0.5) is 11.4 Å². The Morgan fingerprint density at radius 2 is 1.80 bits per heavy atom. The number of carbonyl (C=O) groups excluding carboxylic acids is 1. The van der Waals surface area contributed by atoms with Gasteiger partial charge in [0, 0.05) is 17.6 Å². The summed E-state index contributed by atoms with van der Waals surface area (Å²) in [5.74, 6) is -0.373. The molecule has 1 aliphatic rings. The monoisotopic (exact) mass is 419 g/mol. The van der Waals surface area contributed by atoms with Gasteiger partial charge in [-0.2, -0.15) is 5.26 Å². The Morgan fingerprint density at radius 1 is 1.07 bits per heavy atom. The number of nitrogens with zero attached hydrogens (tertiary/aromatic N) is 3. The highest BCUT2D eigenvalue weighted by atomic mass is 32.2. The zero-order valence-corrected chi connectivity index (χ0v) is 17.6. The van der Waals surface area contributed by atoms with E-state index in [1.807, 2.05) is 44.2 Å². The van der Waals surface area contributed by atoms with E-state index in [2.05, 4.69) is 6.07 Å². The number of aryl methyl sites for hydroxylation is 2. The topological polar surface area (TPSA) is 81.5 Å². The van der Waals surface area contributed by atoms with Crippen LogP contribution in [0.1, 0.15) is 17.5 Å². The maximum Gasteiger partial charge on any atom is 0.265 e. The summed E-state index contributed by atoms with van der Waals surface area (Å²) in [6, 6.07) is 18.2. The minimum atomic E-state index is -3.82. The van der Waals surface area contributed by atoms with Crippen LogP contribution in [-0.4, -0.2) is 27.4 Å². The van der Waals surface area contributed by atoms with Crippen LogP contribution < -0.4 is 9.21 Å². The smallest absolute Gasteiger partial charge is 0.265 e. The van der Waals surface area contributed by atoms with Crippen molar-refractivity contribution in [2.24, 2.45) is 0 Å². The Morgan fingerprint density at radius 3 is 2.50 bits per heavy atom. The molecule has 0 unspecified atom stereocenters. The number of hydrogen-bond donors (Lipinski definition) is 0. The molecule has 0 radical (unpaired) electrons. The molecule has 6 nitrogen and oxygen atoms in total. The van der Waals surface area contributed by atoms with Gasteiger partial charge in [0.05, 0.1) is 23.1 Å². The van der Waals surface area contributed by atoms with Crippen LogP contribution in [0.5, 0.6) is 0 Å². The number of anilines is 2. The van der Waals surface area contributed by atoms with E-state index in [1.165, 1.54) is 9.21 Å². The molecule has 0 aliphatic carbocycles. The van der Waals surface area contributed by atoms with Crippen LogP contribution in [0.25, 0.3) is 10.8 Å². The molecule has 30 heavy (non-hydrogen) atoms. The van der Waals surface area contributed by atoms with Crippen LogP contribution >= 0.6 is 0 Å². The molecule has 3 aromatic rings. The molecule has 0 aromatic heterocycles. The third-order valence-corrected chi connectivity index (χ3v) is 7.31. The lowest BCUT2D eigenvalue weighted by Crippen LogP contribution is -2.42. The molecule has 4 rings (SSSR count). The highest BCUT2D eigenvalue weighted by molar-refractivity contribution is 7.93. The summed E-state index contributed by atoms with van der Waals surface area (Å²) >= 11 is 0. The van der Waals surface area contributed by atoms with Crippen molar-refractivity contribution >= 4 is 38.1 Å². The fraction of sp³-hybridized carbons (Fsp3) is 0.217. The number of rotatable bonds is 5. The van der Waals surface area contributed by atoms with Crippen molar-refractivity contribution in [3.8, 4) is 6.07 Å². The largest absolute Gasteiger partial charge is 0.310 e. The molecule has 1 amide bonds. The zero-order chi connectivity index (χ0) is 21.5. The van der Waals surface area contributed by atoms with Gasteiger partial charge in [-0.1, -0.05) is 30.3 Å². The molecule has 0 atom stereocenters. The first-order valence-electron chi connectivity index (χ1n) is 9.63. The maximum absolute atomic E-state index is 13.3. The molecule has 0 bridgehead atoms. The van der Waals surface area contributed by atoms with E-state index in [0.717, 1.165) is 16.5 Å². The van der Waals surface area contributed by atoms with Crippen molar-refractivity contribution in [3.63, 3.8) is 0 Å². The number of sulfonamides is 1. The van der Waals surface area contributed by atoms with Gasteiger partial charge in [-0.05, 0) is 54.6 Å². The standard InChI is InChI=1S/C23H21N3O3S/c1-16-10-11-19(14-17(16)2)25(13-5-12-24)22(27)15-26-20-8-3-6-18-7-4-9-21(23(18)20)30(26,28)29/h3-4,6-11,14H,5,13,15H2,1-2H3. The quantitative estimate of drug-likeness (QED) is 0.628. The van der Waals surface area contributed by atoms with Gasteiger partial charge in [0.1, 0.15) is 6.54 Å². The Hall–Kier alpha value is -3.37. The summed E-state index contributed by atoms with van der Waals surface area (Å²) in [4.78, 5) is 15.0. The number of nitriles is 1. The SMILES string of the molecule is Cc1ccc(N(CCC#N)C(=O)CN2c3cccc4cccc(c34)S2(=O)=O)cc1C. The van der Waals surface area contributed by atoms with E-state index in [9.17, 15) is 13.2 Å². The summed E-state index contributed by atoms with van der Waals surface area (Å²) in [6.07, 6.45) is 0.154. The van der Waals surface area contributed by atoms with E-state index in [4.69, 9.17) is 5.26 Å². The minimum Gasteiger partial charge on any atom is -0.310 e. The number of benzene rings is 3. The van der Waals surface area contributed by atoms with E-state index in [-0.39, 0.29) is 30.3 Å². The minimum absolute atomic E-state index is 0.154. The first-order valence-corrected chi connectivity index (χ1v) is 11.1. The summed E-state index contributed by atoms with van der Waals surface area (Å²) in [6.45, 7) is 3.81. The fourth-order valence-corrected chi connectivity index (χ4v) is 5.45. The molecule has 1 aliphatic heterocycles. The summed E-state index contributed by atoms with van der Waals surface area (Å²) in [5.41, 5.74) is 3.28. The highest BCUT2D eigenvalue weighted by Crippen LogP contribution is 2.41. The van der Waals surface area contributed by atoms with Gasteiger partial charge in [0.25, 0.3) is 10.0 Å². The Labute approximate surface area is 176 Å². The molecular weight excluding hydrogens is 398 g/mol. The number of amides is 1. The van der Waals surface area contributed by atoms with Crippen molar-refractivity contribution in [1.82, 2.24) is 0 Å². The Balaban J connectivity index is 1.72. The first-order chi connectivity index (χ1) is 14.3. The van der Waals surface area contributed by atoms with Crippen LogP contribution in [0.2, 0.25) is 0 Å². The molecule has 1 heterocycles. The first kappa shape index (κ1) is 19.9. The van der Waals surface area contributed by atoms with Crippen molar-refractivity contribution in [1.29, 1.82) is 5.26 Å². The van der Waals surface area contributed by atoms with Gasteiger partial charge < -0.3 is 4.90 Å². The fourth-order valence-electron chi connectivity index (χ4n) is 3.79. The summed E-state index contributed by atoms with van der Waals surface area (Å²) in [5, 5.41) is 10.5. The molecule has 0 N–H and O–H groups in total. The maximum atomic E-state index is 13.3. The molecule has 0 saturated heterocycles. The molecular formula is C23H21N3O3S. The van der Waals surface area contributed by atoms with Gasteiger partial charge in [0.15, 0.2) is 0 Å². The Kier molecular flexibility index (Phi) is 4.96. The van der Waals surface area contributed by atoms with Gasteiger partial charge in [0.2, 0.25) is 5.91 Å². The molecule has 0 spiro atoms. The molecule has 152 valence electrons. The van der Waals surface area contributed by atoms with Crippen LogP contribution in [0, 0.1) is 25.2 Å². The van der Waals surface area contributed by atoms with Crippen LogP contribution in [0.15, 0.2) is 59.5 Å². The third-order valence-electron chi connectivity index (χ3n) is 5.51. The van der Waals surface area contributed by atoms with Gasteiger partial charge >= 0.3 is 0 Å². The van der Waals surface area contributed by atoms with Crippen LogP contribution in [0.3, 0.4) is 0 Å². The van der Waals surface area contributed by atoms with Crippen molar-refractivity contribution in [2.45, 2.75) is 25.2 Å². The second-order valence-corrected chi connectivity index (χ2v) is 9.20. The normalized spacial score (nSPS) is 14.0. The molecule has 0 fully saturated rings. The number of hydrogen-bond acceptors (Lipinski definition) is 4. The predicted molar refractivity (Wildman–Crippen MR) is 117 cm³/mol. The molecule has 7 heteroatoms. The summed E-state index contributed by atoms with van der Waals surface area (Å²) in [7, 11) is -3.82. The Bertz CT molecular complexity index is 1300. The second kappa shape index (κ2) is 7.47. The zero-order valence-electron chi connectivity index (χ0n) is 16.8.